The maximum Gasteiger partial charge on any atom is 0.255 e. The summed E-state index contributed by atoms with van der Waals surface area (Å²) in [6.07, 6.45) is 3.67. The van der Waals surface area contributed by atoms with Gasteiger partial charge in [-0.1, -0.05) is 0 Å². The summed E-state index contributed by atoms with van der Waals surface area (Å²) in [7, 11) is 0. The van der Waals surface area contributed by atoms with E-state index in [0.29, 0.717) is 17.0 Å². The fourth-order valence-electron chi connectivity index (χ4n) is 2.70. The van der Waals surface area contributed by atoms with Crippen LogP contribution < -0.4 is 10.6 Å². The van der Waals surface area contributed by atoms with Crippen molar-refractivity contribution in [1.29, 1.82) is 0 Å². The molecule has 7 heteroatoms. The van der Waals surface area contributed by atoms with Crippen LogP contribution in [0.2, 0.25) is 0 Å². The number of rotatable bonds is 3. The van der Waals surface area contributed by atoms with Crippen LogP contribution in [-0.2, 0) is 4.79 Å². The van der Waals surface area contributed by atoms with Crippen molar-refractivity contribution in [3.05, 3.63) is 72.3 Å². The van der Waals surface area contributed by atoms with Crippen LogP contribution in [0.25, 0.3) is 5.69 Å². The minimum atomic E-state index is -0.518. The summed E-state index contributed by atoms with van der Waals surface area (Å²) in [6, 6.07) is 13.3. The van der Waals surface area contributed by atoms with Gasteiger partial charge in [0, 0.05) is 28.5 Å². The number of aromatic nitrogens is 1. The van der Waals surface area contributed by atoms with Crippen LogP contribution in [0.4, 0.5) is 15.8 Å². The van der Waals surface area contributed by atoms with E-state index < -0.39 is 11.7 Å². The van der Waals surface area contributed by atoms with E-state index >= 15 is 0 Å². The van der Waals surface area contributed by atoms with E-state index in [4.69, 9.17) is 0 Å². The number of carbonyl (C=O) groups is 2. The quantitative estimate of drug-likeness (QED) is 0.738. The molecule has 0 saturated carbocycles. The number of thioether (sulfide) groups is 1. The molecule has 0 saturated heterocycles. The first-order valence-corrected chi connectivity index (χ1v) is 8.90. The third-order valence-corrected chi connectivity index (χ3v) is 5.05. The zero-order valence-corrected chi connectivity index (χ0v) is 14.3. The van der Waals surface area contributed by atoms with Crippen LogP contribution in [0, 0.1) is 5.82 Å². The van der Waals surface area contributed by atoms with Gasteiger partial charge < -0.3 is 15.2 Å². The number of anilines is 2. The van der Waals surface area contributed by atoms with E-state index in [-0.39, 0.29) is 11.6 Å². The predicted molar refractivity (Wildman–Crippen MR) is 99.5 cm³/mol. The van der Waals surface area contributed by atoms with Crippen LogP contribution in [0.15, 0.2) is 65.8 Å². The first-order valence-electron chi connectivity index (χ1n) is 7.91. The van der Waals surface area contributed by atoms with Crippen molar-refractivity contribution in [3.8, 4) is 5.69 Å². The van der Waals surface area contributed by atoms with E-state index in [1.54, 1.807) is 30.3 Å². The first-order chi connectivity index (χ1) is 12.6. The molecule has 0 fully saturated rings. The molecule has 1 aliphatic heterocycles. The zero-order chi connectivity index (χ0) is 18.1. The fraction of sp³-hybridized carbons (Fsp3) is 0.0526. The topological polar surface area (TPSA) is 63.1 Å². The number of fused-ring (bicyclic) bond motifs is 1. The number of nitrogens with zero attached hydrogens (tertiary/aromatic N) is 1. The average Bonchev–Trinajstić information content (AvgIpc) is 3.17. The molecule has 5 nitrogen and oxygen atoms in total. The smallest absolute Gasteiger partial charge is 0.255 e. The maximum absolute atomic E-state index is 14.1. The summed E-state index contributed by atoms with van der Waals surface area (Å²) in [5, 5.41) is 5.34. The minimum Gasteiger partial charge on any atom is -0.324 e. The van der Waals surface area contributed by atoms with Gasteiger partial charge in [0.15, 0.2) is 0 Å². The molecule has 2 amide bonds. The van der Waals surface area contributed by atoms with Crippen molar-refractivity contribution >= 4 is 35.0 Å². The lowest BCUT2D eigenvalue weighted by Gasteiger charge is -2.17. The van der Waals surface area contributed by atoms with Gasteiger partial charge in [-0.2, -0.15) is 0 Å². The van der Waals surface area contributed by atoms with Crippen molar-refractivity contribution < 1.29 is 14.0 Å². The second-order valence-corrected chi connectivity index (χ2v) is 6.77. The highest BCUT2D eigenvalue weighted by atomic mass is 32.2. The first kappa shape index (κ1) is 16.4. The number of hydrogen-bond acceptors (Lipinski definition) is 3. The summed E-state index contributed by atoms with van der Waals surface area (Å²) in [6.45, 7) is 0. The number of nitrogens with one attached hydrogen (secondary N) is 2. The molecule has 4 rings (SSSR count). The van der Waals surface area contributed by atoms with Crippen LogP contribution in [-0.4, -0.2) is 22.1 Å². The van der Waals surface area contributed by atoms with Crippen LogP contribution in [0.3, 0.4) is 0 Å². The van der Waals surface area contributed by atoms with Crippen LogP contribution in [0.5, 0.6) is 0 Å². The average molecular weight is 367 g/mol. The van der Waals surface area contributed by atoms with Crippen molar-refractivity contribution in [3.63, 3.8) is 0 Å². The SMILES string of the molecule is O=C1CSc2ccc(C(=O)Nc3cc(-n4cccc4)ccc3F)cc2N1. The van der Waals surface area contributed by atoms with Crippen molar-refractivity contribution in [1.82, 2.24) is 4.57 Å². The third-order valence-electron chi connectivity index (χ3n) is 3.98. The van der Waals surface area contributed by atoms with Gasteiger partial charge in [-0.05, 0) is 48.5 Å². The molecule has 130 valence electrons. The van der Waals surface area contributed by atoms with Gasteiger partial charge in [0.25, 0.3) is 5.91 Å². The van der Waals surface area contributed by atoms with Gasteiger partial charge in [-0.25, -0.2) is 4.39 Å². The summed E-state index contributed by atoms with van der Waals surface area (Å²) in [5.74, 6) is -0.710. The van der Waals surface area contributed by atoms with Gasteiger partial charge in [0.1, 0.15) is 5.82 Å². The van der Waals surface area contributed by atoms with Crippen molar-refractivity contribution in [2.24, 2.45) is 0 Å². The molecule has 0 spiro atoms. The lowest BCUT2D eigenvalue weighted by atomic mass is 10.1. The maximum atomic E-state index is 14.1. The molecule has 2 N–H and O–H groups in total. The predicted octanol–water partition coefficient (Wildman–Crippen LogP) is 3.91. The monoisotopic (exact) mass is 367 g/mol. The molecule has 1 aromatic heterocycles. The zero-order valence-electron chi connectivity index (χ0n) is 13.5. The van der Waals surface area contributed by atoms with Gasteiger partial charge in [-0.3, -0.25) is 9.59 Å². The molecule has 0 atom stereocenters. The lowest BCUT2D eigenvalue weighted by Crippen LogP contribution is -2.20. The van der Waals surface area contributed by atoms with Gasteiger partial charge >= 0.3 is 0 Å². The molecular weight excluding hydrogens is 353 g/mol. The Balaban J connectivity index is 1.60. The highest BCUT2D eigenvalue weighted by molar-refractivity contribution is 8.00. The number of halogens is 1. The lowest BCUT2D eigenvalue weighted by molar-refractivity contribution is -0.113. The number of carbonyl (C=O) groups excluding carboxylic acids is 2. The Morgan fingerprint density at radius 1 is 1.15 bits per heavy atom. The van der Waals surface area contributed by atoms with Crippen molar-refractivity contribution in [2.75, 3.05) is 16.4 Å². The Morgan fingerprint density at radius 3 is 2.77 bits per heavy atom. The largest absolute Gasteiger partial charge is 0.324 e. The molecule has 1 aliphatic rings. The molecule has 0 unspecified atom stereocenters. The van der Waals surface area contributed by atoms with E-state index in [2.05, 4.69) is 10.6 Å². The van der Waals surface area contributed by atoms with Crippen LogP contribution in [0.1, 0.15) is 10.4 Å². The van der Waals surface area contributed by atoms with E-state index in [1.165, 1.54) is 17.8 Å². The Bertz CT molecular complexity index is 1000. The highest BCUT2D eigenvalue weighted by Crippen LogP contribution is 2.32. The Kier molecular flexibility index (Phi) is 4.22. The second kappa shape index (κ2) is 6.68. The minimum absolute atomic E-state index is 0.0948. The molecule has 2 aromatic carbocycles. The summed E-state index contributed by atoms with van der Waals surface area (Å²) >= 11 is 1.42. The van der Waals surface area contributed by atoms with E-state index in [1.807, 2.05) is 29.1 Å². The van der Waals surface area contributed by atoms with Gasteiger partial charge in [-0.15, -0.1) is 11.8 Å². The third kappa shape index (κ3) is 3.21. The van der Waals surface area contributed by atoms with Crippen LogP contribution >= 0.6 is 11.8 Å². The number of benzene rings is 2. The number of hydrogen-bond donors (Lipinski definition) is 2. The van der Waals surface area contributed by atoms with E-state index in [9.17, 15) is 14.0 Å². The summed E-state index contributed by atoms with van der Waals surface area (Å²) in [4.78, 5) is 24.9. The Morgan fingerprint density at radius 2 is 1.96 bits per heavy atom. The van der Waals surface area contributed by atoms with Gasteiger partial charge in [0.05, 0.1) is 17.1 Å². The summed E-state index contributed by atoms with van der Waals surface area (Å²) < 4.78 is 15.9. The molecule has 2 heterocycles. The Hall–Kier alpha value is -3.06. The molecular formula is C19H14FN3O2S. The van der Waals surface area contributed by atoms with Crippen molar-refractivity contribution in [2.45, 2.75) is 4.90 Å². The highest BCUT2D eigenvalue weighted by Gasteiger charge is 2.18. The number of amides is 2. The van der Waals surface area contributed by atoms with E-state index in [0.717, 1.165) is 10.6 Å². The second-order valence-electron chi connectivity index (χ2n) is 5.76. The molecule has 0 bridgehead atoms. The molecule has 0 aliphatic carbocycles. The molecule has 0 radical (unpaired) electrons. The van der Waals surface area contributed by atoms with Gasteiger partial charge in [0.2, 0.25) is 5.91 Å². The Labute approximate surface area is 153 Å². The fourth-order valence-corrected chi connectivity index (χ4v) is 3.48. The standard InChI is InChI=1S/C19H14FN3O2S/c20-14-5-4-13(23-7-1-2-8-23)10-15(14)22-19(25)12-3-6-17-16(9-12)21-18(24)11-26-17/h1-10H,11H2,(H,21,24)(H,22,25). The molecule has 3 aromatic rings. The molecule has 26 heavy (non-hydrogen) atoms. The summed E-state index contributed by atoms with van der Waals surface area (Å²) in [5.41, 5.74) is 1.77. The normalized spacial score (nSPS) is 13.0.